The minimum absolute atomic E-state index is 0.0522. The lowest BCUT2D eigenvalue weighted by Gasteiger charge is -2.36. The second-order valence-corrected chi connectivity index (χ2v) is 9.67. The van der Waals surface area contributed by atoms with Crippen molar-refractivity contribution in [2.45, 2.75) is 26.7 Å². The molecule has 1 fully saturated rings. The van der Waals surface area contributed by atoms with Gasteiger partial charge in [-0.15, -0.1) is 0 Å². The molecule has 4 rings (SSSR count). The molecule has 1 amide bonds. The molecule has 2 aromatic carbocycles. The highest BCUT2D eigenvalue weighted by Gasteiger charge is 2.29. The van der Waals surface area contributed by atoms with Gasteiger partial charge in [-0.2, -0.15) is 5.10 Å². The first-order valence-corrected chi connectivity index (χ1v) is 13.1. The fourth-order valence-corrected chi connectivity index (χ4v) is 4.28. The van der Waals surface area contributed by atoms with E-state index in [1.54, 1.807) is 41.4 Å². The van der Waals surface area contributed by atoms with Crippen LogP contribution in [0.2, 0.25) is 0 Å². The topological polar surface area (TPSA) is 120 Å². The summed E-state index contributed by atoms with van der Waals surface area (Å²) >= 11 is 0. The van der Waals surface area contributed by atoms with Crippen LogP contribution in [0.25, 0.3) is 10.8 Å². The Labute approximate surface area is 233 Å². The molecular formula is C30H36FN7O2. The van der Waals surface area contributed by atoms with E-state index in [2.05, 4.69) is 30.6 Å². The number of nitrogens with one attached hydrogen (secondary N) is 3. The van der Waals surface area contributed by atoms with E-state index in [-0.39, 0.29) is 42.4 Å². The number of aromatic nitrogens is 2. The van der Waals surface area contributed by atoms with Crippen LogP contribution in [0.5, 0.6) is 0 Å². The molecule has 10 heteroatoms. The summed E-state index contributed by atoms with van der Waals surface area (Å²) in [5, 5.41) is 24.8. The maximum atomic E-state index is 14.8. The number of aromatic amines is 1. The van der Waals surface area contributed by atoms with Gasteiger partial charge < -0.3 is 14.7 Å². The van der Waals surface area contributed by atoms with Crippen molar-refractivity contribution in [3.8, 4) is 0 Å². The number of amidine groups is 2. The smallest absolute Gasteiger partial charge is 0.272 e. The standard InChI is InChI=1S/C27H28FN7O2.C3H8/c1-4-18(15-33(2)3)25(30)35-12-11-34(16-24(35)29)27(37)21-13-17(9-10-22(21)28)14-23-19-7-5-6-8-20(19)26(36)32-31-23;1-3-2/h4-10,13,15,29-30H,1,11-12,14,16H2,2-3H3,(H,32,36);3H2,1-2H3/b18-15+,29-24?,30-25?;. The van der Waals surface area contributed by atoms with Crippen LogP contribution >= 0.6 is 0 Å². The zero-order valence-electron chi connectivity index (χ0n) is 23.4. The monoisotopic (exact) mass is 545 g/mol. The number of halogens is 1. The lowest BCUT2D eigenvalue weighted by Crippen LogP contribution is -2.54. The van der Waals surface area contributed by atoms with E-state index in [0.717, 1.165) is 0 Å². The van der Waals surface area contributed by atoms with E-state index < -0.39 is 11.7 Å². The van der Waals surface area contributed by atoms with Crippen LogP contribution in [-0.4, -0.2) is 76.2 Å². The molecule has 0 bridgehead atoms. The summed E-state index contributed by atoms with van der Waals surface area (Å²) in [6.07, 6.45) is 4.83. The third kappa shape index (κ3) is 6.88. The lowest BCUT2D eigenvalue weighted by molar-refractivity contribution is 0.0752. The van der Waals surface area contributed by atoms with Crippen LogP contribution in [0.15, 0.2) is 71.7 Å². The number of hydrogen-bond acceptors (Lipinski definition) is 6. The number of fused-ring (bicyclic) bond motifs is 1. The van der Waals surface area contributed by atoms with E-state index in [0.29, 0.717) is 34.0 Å². The average molecular weight is 546 g/mol. The molecule has 0 unspecified atom stereocenters. The van der Waals surface area contributed by atoms with Crippen molar-refractivity contribution in [3.05, 3.63) is 99.9 Å². The Bertz CT molecular complexity index is 1510. The molecule has 0 atom stereocenters. The molecule has 9 nitrogen and oxygen atoms in total. The normalized spacial score (nSPS) is 13.5. The third-order valence-electron chi connectivity index (χ3n) is 6.12. The van der Waals surface area contributed by atoms with Gasteiger partial charge in [-0.3, -0.25) is 20.4 Å². The van der Waals surface area contributed by atoms with Crippen molar-refractivity contribution in [2.24, 2.45) is 0 Å². The van der Waals surface area contributed by atoms with E-state index >= 15 is 0 Å². The Kier molecular flexibility index (Phi) is 10.1. The van der Waals surface area contributed by atoms with Crippen molar-refractivity contribution in [2.75, 3.05) is 33.7 Å². The molecule has 1 saturated heterocycles. The molecule has 3 aromatic rings. The Morgan fingerprint density at radius 1 is 1.18 bits per heavy atom. The number of carbonyl (C=O) groups is 1. The Morgan fingerprint density at radius 2 is 1.85 bits per heavy atom. The number of nitrogens with zero attached hydrogens (tertiary/aromatic N) is 4. The number of piperazine rings is 1. The molecule has 0 spiro atoms. The van der Waals surface area contributed by atoms with Gasteiger partial charge in [-0.25, -0.2) is 9.49 Å². The van der Waals surface area contributed by atoms with Crippen LogP contribution in [0.3, 0.4) is 0 Å². The summed E-state index contributed by atoms with van der Waals surface area (Å²) in [5.74, 6) is -0.994. The van der Waals surface area contributed by atoms with Crippen molar-refractivity contribution in [1.82, 2.24) is 24.9 Å². The van der Waals surface area contributed by atoms with E-state index in [1.807, 2.05) is 20.2 Å². The van der Waals surface area contributed by atoms with Crippen molar-refractivity contribution < 1.29 is 9.18 Å². The second kappa shape index (κ2) is 13.5. The van der Waals surface area contributed by atoms with Gasteiger partial charge in [0, 0.05) is 50.8 Å². The van der Waals surface area contributed by atoms with Crippen molar-refractivity contribution >= 4 is 28.4 Å². The molecule has 3 N–H and O–H groups in total. The molecule has 1 aliphatic rings. The van der Waals surface area contributed by atoms with E-state index in [9.17, 15) is 14.0 Å². The van der Waals surface area contributed by atoms with Gasteiger partial charge in [0.1, 0.15) is 17.5 Å². The predicted molar refractivity (Wildman–Crippen MR) is 158 cm³/mol. The Balaban J connectivity index is 0.00000141. The minimum atomic E-state index is -0.655. The number of hydrogen-bond donors (Lipinski definition) is 3. The molecule has 0 aliphatic carbocycles. The lowest BCUT2D eigenvalue weighted by atomic mass is 10.0. The summed E-state index contributed by atoms with van der Waals surface area (Å²) in [5.41, 5.74) is 1.44. The van der Waals surface area contributed by atoms with Gasteiger partial charge in [0.25, 0.3) is 11.5 Å². The van der Waals surface area contributed by atoms with E-state index in [1.165, 1.54) is 28.4 Å². The summed E-state index contributed by atoms with van der Waals surface area (Å²) in [4.78, 5) is 30.0. The van der Waals surface area contributed by atoms with E-state index in [4.69, 9.17) is 10.8 Å². The average Bonchev–Trinajstić information content (AvgIpc) is 2.94. The van der Waals surface area contributed by atoms with Gasteiger partial charge in [-0.05, 0) is 23.8 Å². The maximum Gasteiger partial charge on any atom is 0.272 e. The van der Waals surface area contributed by atoms with Crippen molar-refractivity contribution in [1.29, 1.82) is 10.8 Å². The van der Waals surface area contributed by atoms with Gasteiger partial charge in [0.15, 0.2) is 0 Å². The number of benzene rings is 2. The van der Waals surface area contributed by atoms with Crippen molar-refractivity contribution in [3.63, 3.8) is 0 Å². The number of amides is 1. The molecule has 2 heterocycles. The predicted octanol–water partition coefficient (Wildman–Crippen LogP) is 4.41. The number of carbonyl (C=O) groups excluding carboxylic acids is 1. The summed E-state index contributed by atoms with van der Waals surface area (Å²) < 4.78 is 14.8. The fourth-order valence-electron chi connectivity index (χ4n) is 4.28. The number of rotatable bonds is 6. The van der Waals surface area contributed by atoms with Crippen LogP contribution < -0.4 is 5.56 Å². The SMILES string of the molecule is C=C/C(=C\N(C)C)C(=N)N1CCN(C(=O)c2cc(Cc3n[nH]c(=O)c4ccccc34)ccc2F)CC1=N.CCC. The maximum absolute atomic E-state index is 14.8. The summed E-state index contributed by atoms with van der Waals surface area (Å²) in [7, 11) is 3.66. The first kappa shape index (κ1) is 29.9. The molecule has 1 aromatic heterocycles. The highest BCUT2D eigenvalue weighted by atomic mass is 19.1. The Hall–Kier alpha value is -4.60. The van der Waals surface area contributed by atoms with Crippen LogP contribution in [0, 0.1) is 16.6 Å². The minimum Gasteiger partial charge on any atom is -0.383 e. The zero-order valence-corrected chi connectivity index (χ0v) is 23.4. The first-order valence-electron chi connectivity index (χ1n) is 13.1. The molecule has 40 heavy (non-hydrogen) atoms. The fraction of sp³-hybridized carbons (Fsp3) is 0.300. The summed E-state index contributed by atoms with van der Waals surface area (Å²) in [6.45, 7) is 8.40. The van der Waals surface area contributed by atoms with Gasteiger partial charge >= 0.3 is 0 Å². The third-order valence-corrected chi connectivity index (χ3v) is 6.12. The zero-order chi connectivity index (χ0) is 29.4. The molecule has 210 valence electrons. The van der Waals surface area contributed by atoms with Gasteiger partial charge in [0.2, 0.25) is 0 Å². The second-order valence-electron chi connectivity index (χ2n) is 9.67. The van der Waals surface area contributed by atoms with Crippen LogP contribution in [-0.2, 0) is 6.42 Å². The molecule has 1 aliphatic heterocycles. The highest BCUT2D eigenvalue weighted by Crippen LogP contribution is 2.20. The largest absolute Gasteiger partial charge is 0.383 e. The van der Waals surface area contributed by atoms with Crippen LogP contribution in [0.4, 0.5) is 4.39 Å². The van der Waals surface area contributed by atoms with Gasteiger partial charge in [0.05, 0.1) is 23.2 Å². The highest BCUT2D eigenvalue weighted by molar-refractivity contribution is 6.10. The van der Waals surface area contributed by atoms with Crippen LogP contribution in [0.1, 0.15) is 41.9 Å². The number of H-pyrrole nitrogens is 1. The molecule has 0 saturated carbocycles. The molecular weight excluding hydrogens is 509 g/mol. The molecule has 0 radical (unpaired) electrons. The first-order chi connectivity index (χ1) is 19.1. The summed E-state index contributed by atoms with van der Waals surface area (Å²) in [6, 6.07) is 11.4. The van der Waals surface area contributed by atoms with Gasteiger partial charge in [-0.1, -0.05) is 57.2 Å². The Morgan fingerprint density at radius 3 is 2.48 bits per heavy atom. The quantitative estimate of drug-likeness (QED) is 0.241.